The van der Waals surface area contributed by atoms with Crippen molar-refractivity contribution < 1.29 is 4.79 Å². The Labute approximate surface area is 131 Å². The van der Waals surface area contributed by atoms with E-state index in [1.807, 2.05) is 24.3 Å². The fourth-order valence-electron chi connectivity index (χ4n) is 1.87. The van der Waals surface area contributed by atoms with E-state index < -0.39 is 0 Å². The number of hydrogen-bond donors (Lipinski definition) is 3. The van der Waals surface area contributed by atoms with Gasteiger partial charge >= 0.3 is 0 Å². The molecule has 0 atom stereocenters. The summed E-state index contributed by atoms with van der Waals surface area (Å²) in [5.74, 6) is 0.896. The summed E-state index contributed by atoms with van der Waals surface area (Å²) in [5, 5.41) is 6.53. The minimum atomic E-state index is -0.213. The van der Waals surface area contributed by atoms with Gasteiger partial charge in [-0.05, 0) is 12.1 Å². The summed E-state index contributed by atoms with van der Waals surface area (Å²) in [6, 6.07) is 7.64. The van der Waals surface area contributed by atoms with Crippen LogP contribution < -0.4 is 10.6 Å². The third-order valence-corrected chi connectivity index (χ3v) is 3.14. The second kappa shape index (κ2) is 6.35. The second-order valence-electron chi connectivity index (χ2n) is 4.37. The Hall–Kier alpha value is -2.74. The minimum absolute atomic E-state index is 0.104. The van der Waals surface area contributed by atoms with Gasteiger partial charge in [0.15, 0.2) is 0 Å². The molecule has 0 radical (unpaired) electrons. The van der Waals surface area contributed by atoms with Gasteiger partial charge < -0.3 is 10.6 Å². The first-order valence-corrected chi connectivity index (χ1v) is 7.09. The molecule has 22 heavy (non-hydrogen) atoms. The predicted octanol–water partition coefficient (Wildman–Crippen LogP) is 2.03. The van der Waals surface area contributed by atoms with Gasteiger partial charge in [0.1, 0.15) is 12.1 Å². The molecule has 0 unspecified atom stereocenters. The molecule has 0 saturated heterocycles. The van der Waals surface area contributed by atoms with E-state index in [0.717, 1.165) is 10.9 Å². The van der Waals surface area contributed by atoms with Gasteiger partial charge in [-0.15, -0.1) is 0 Å². The van der Waals surface area contributed by atoms with Crippen LogP contribution in [0.1, 0.15) is 0 Å². The lowest BCUT2D eigenvalue weighted by Crippen LogP contribution is -2.13. The number of anilines is 3. The lowest BCUT2D eigenvalue weighted by Gasteiger charge is -2.07. The van der Waals surface area contributed by atoms with E-state index in [1.165, 1.54) is 18.7 Å². The van der Waals surface area contributed by atoms with E-state index in [4.69, 9.17) is 0 Å². The van der Waals surface area contributed by atoms with Crippen molar-refractivity contribution in [3.8, 4) is 0 Å². The van der Waals surface area contributed by atoms with Crippen LogP contribution >= 0.6 is 12.6 Å². The van der Waals surface area contributed by atoms with Crippen molar-refractivity contribution in [2.45, 2.75) is 0 Å². The number of para-hydroxylation sites is 1. The number of carbonyl (C=O) groups is 1. The summed E-state index contributed by atoms with van der Waals surface area (Å²) in [6.07, 6.45) is 4.51. The molecule has 8 heteroatoms. The molecule has 0 fully saturated rings. The van der Waals surface area contributed by atoms with Crippen LogP contribution in [0.2, 0.25) is 0 Å². The molecule has 0 aliphatic carbocycles. The van der Waals surface area contributed by atoms with E-state index in [1.54, 1.807) is 0 Å². The number of aromatic nitrogens is 4. The molecule has 0 aliphatic rings. The SMILES string of the molecule is O=C(CS)Nc1cnc(Nc2ncnc3ccccc23)nc1. The third-order valence-electron chi connectivity index (χ3n) is 2.85. The maximum Gasteiger partial charge on any atom is 0.234 e. The number of amides is 1. The Kier molecular flexibility index (Phi) is 4.10. The summed E-state index contributed by atoms with van der Waals surface area (Å²) in [7, 11) is 0. The van der Waals surface area contributed by atoms with Crippen LogP contribution in [0.5, 0.6) is 0 Å². The first kappa shape index (κ1) is 14.2. The van der Waals surface area contributed by atoms with Gasteiger partial charge in [0.2, 0.25) is 11.9 Å². The number of carbonyl (C=O) groups excluding carboxylic acids is 1. The van der Waals surface area contributed by atoms with Crippen LogP contribution in [-0.2, 0) is 4.79 Å². The van der Waals surface area contributed by atoms with Crippen molar-refractivity contribution >= 4 is 46.9 Å². The van der Waals surface area contributed by atoms with Crippen LogP contribution in [-0.4, -0.2) is 31.6 Å². The van der Waals surface area contributed by atoms with Gasteiger partial charge in [0, 0.05) is 5.39 Å². The van der Waals surface area contributed by atoms with Gasteiger partial charge in [-0.1, -0.05) is 12.1 Å². The molecule has 0 aliphatic heterocycles. The minimum Gasteiger partial charge on any atom is -0.323 e. The number of fused-ring (bicyclic) bond motifs is 1. The molecule has 0 spiro atoms. The Morgan fingerprint density at radius 3 is 2.64 bits per heavy atom. The Morgan fingerprint density at radius 1 is 1.09 bits per heavy atom. The summed E-state index contributed by atoms with van der Waals surface area (Å²) < 4.78 is 0. The highest BCUT2D eigenvalue weighted by molar-refractivity contribution is 7.81. The van der Waals surface area contributed by atoms with Gasteiger partial charge in [-0.2, -0.15) is 12.6 Å². The maximum atomic E-state index is 11.2. The highest BCUT2D eigenvalue weighted by atomic mass is 32.1. The zero-order chi connectivity index (χ0) is 15.4. The van der Waals surface area contributed by atoms with Crippen molar-refractivity contribution in [2.24, 2.45) is 0 Å². The summed E-state index contributed by atoms with van der Waals surface area (Å²) in [4.78, 5) is 27.9. The molecule has 2 heterocycles. The number of nitrogens with one attached hydrogen (secondary N) is 2. The molecule has 1 amide bonds. The Balaban J connectivity index is 1.82. The molecule has 2 aromatic heterocycles. The van der Waals surface area contributed by atoms with E-state index in [-0.39, 0.29) is 11.7 Å². The van der Waals surface area contributed by atoms with Crippen molar-refractivity contribution in [2.75, 3.05) is 16.4 Å². The van der Waals surface area contributed by atoms with E-state index in [0.29, 0.717) is 17.5 Å². The largest absolute Gasteiger partial charge is 0.323 e. The normalized spacial score (nSPS) is 10.4. The summed E-state index contributed by atoms with van der Waals surface area (Å²) in [6.45, 7) is 0. The fourth-order valence-corrected chi connectivity index (χ4v) is 1.95. The number of thiol groups is 1. The summed E-state index contributed by atoms with van der Waals surface area (Å²) >= 11 is 3.89. The molecule has 110 valence electrons. The van der Waals surface area contributed by atoms with E-state index in [9.17, 15) is 4.79 Å². The highest BCUT2D eigenvalue weighted by Gasteiger charge is 2.06. The molecule has 2 N–H and O–H groups in total. The van der Waals surface area contributed by atoms with Crippen molar-refractivity contribution in [3.63, 3.8) is 0 Å². The highest BCUT2D eigenvalue weighted by Crippen LogP contribution is 2.20. The lowest BCUT2D eigenvalue weighted by atomic mass is 10.2. The number of nitrogens with zero attached hydrogens (tertiary/aromatic N) is 4. The van der Waals surface area contributed by atoms with Gasteiger partial charge in [0.05, 0.1) is 29.4 Å². The predicted molar refractivity (Wildman–Crippen MR) is 87.3 cm³/mol. The molecule has 1 aromatic carbocycles. The number of hydrogen-bond acceptors (Lipinski definition) is 7. The average Bonchev–Trinajstić information content (AvgIpc) is 2.57. The molecule has 7 nitrogen and oxygen atoms in total. The van der Waals surface area contributed by atoms with Gasteiger partial charge in [-0.25, -0.2) is 19.9 Å². The maximum absolute atomic E-state index is 11.2. The van der Waals surface area contributed by atoms with Crippen molar-refractivity contribution in [1.29, 1.82) is 0 Å². The van der Waals surface area contributed by atoms with E-state index in [2.05, 4.69) is 43.2 Å². The van der Waals surface area contributed by atoms with Gasteiger partial charge in [-0.3, -0.25) is 4.79 Å². The van der Waals surface area contributed by atoms with Crippen LogP contribution in [0.15, 0.2) is 43.0 Å². The standard InChI is InChI=1S/C14H12N6OS/c21-12(7-22)19-9-5-15-14(16-6-9)20-13-10-3-1-2-4-11(10)17-8-18-13/h1-6,8,22H,7H2,(H,19,21)(H,15,16,17,18,20). The van der Waals surface area contributed by atoms with Crippen molar-refractivity contribution in [1.82, 2.24) is 19.9 Å². The van der Waals surface area contributed by atoms with Crippen molar-refractivity contribution in [3.05, 3.63) is 43.0 Å². The monoisotopic (exact) mass is 312 g/mol. The molecule has 3 rings (SSSR count). The Bertz CT molecular complexity index is 803. The smallest absolute Gasteiger partial charge is 0.234 e. The first-order valence-electron chi connectivity index (χ1n) is 6.46. The molecular formula is C14H12N6OS. The van der Waals surface area contributed by atoms with Gasteiger partial charge in [0.25, 0.3) is 0 Å². The van der Waals surface area contributed by atoms with Crippen LogP contribution in [0, 0.1) is 0 Å². The van der Waals surface area contributed by atoms with Crippen LogP contribution in [0.25, 0.3) is 10.9 Å². The third kappa shape index (κ3) is 3.12. The quantitative estimate of drug-likeness (QED) is 0.638. The number of benzene rings is 1. The molecule has 0 bridgehead atoms. The Morgan fingerprint density at radius 2 is 1.86 bits per heavy atom. The second-order valence-corrected chi connectivity index (χ2v) is 4.68. The average molecular weight is 312 g/mol. The zero-order valence-electron chi connectivity index (χ0n) is 11.4. The summed E-state index contributed by atoms with van der Waals surface area (Å²) in [5.41, 5.74) is 1.34. The lowest BCUT2D eigenvalue weighted by molar-refractivity contribution is -0.113. The zero-order valence-corrected chi connectivity index (χ0v) is 12.3. The molecule has 3 aromatic rings. The number of rotatable bonds is 4. The molecule has 0 saturated carbocycles. The van der Waals surface area contributed by atoms with E-state index >= 15 is 0 Å². The molecular weight excluding hydrogens is 300 g/mol. The first-order chi connectivity index (χ1) is 10.8. The topological polar surface area (TPSA) is 92.7 Å². The fraction of sp³-hybridized carbons (Fsp3) is 0.0714. The van der Waals surface area contributed by atoms with Crippen LogP contribution in [0.3, 0.4) is 0 Å². The van der Waals surface area contributed by atoms with Crippen LogP contribution in [0.4, 0.5) is 17.5 Å².